The van der Waals surface area contributed by atoms with E-state index in [1.807, 2.05) is 54.6 Å². The van der Waals surface area contributed by atoms with Gasteiger partial charge in [-0.2, -0.15) is 5.10 Å². The Morgan fingerprint density at radius 2 is 2.00 bits per heavy atom. The van der Waals surface area contributed by atoms with Gasteiger partial charge in [0.05, 0.1) is 27.2 Å². The summed E-state index contributed by atoms with van der Waals surface area (Å²) in [6, 6.07) is 13.1. The minimum absolute atomic E-state index is 0.00214. The summed E-state index contributed by atoms with van der Waals surface area (Å²) in [5.74, 6) is 0.259. The second-order valence-corrected chi connectivity index (χ2v) is 8.67. The summed E-state index contributed by atoms with van der Waals surface area (Å²) in [7, 11) is 1.86. The first kappa shape index (κ1) is 19.5. The van der Waals surface area contributed by atoms with E-state index in [-0.39, 0.29) is 11.7 Å². The van der Waals surface area contributed by atoms with Crippen LogP contribution in [0, 0.1) is 6.92 Å². The summed E-state index contributed by atoms with van der Waals surface area (Å²) >= 11 is 1.61. The monoisotopic (exact) mass is 430 g/mol. The Morgan fingerprint density at radius 1 is 1.19 bits per heavy atom. The lowest BCUT2D eigenvalue weighted by Crippen LogP contribution is -2.34. The van der Waals surface area contributed by atoms with Gasteiger partial charge in [-0.25, -0.2) is 4.98 Å². The molecular formula is C24H22N4O2S. The number of carbonyl (C=O) groups is 1. The highest BCUT2D eigenvalue weighted by atomic mass is 32.1. The second-order valence-electron chi connectivity index (χ2n) is 7.72. The van der Waals surface area contributed by atoms with Gasteiger partial charge in [-0.05, 0) is 54.1 Å². The van der Waals surface area contributed by atoms with E-state index < -0.39 is 0 Å². The number of hydrogen-bond acceptors (Lipinski definition) is 5. The predicted octanol–water partition coefficient (Wildman–Crippen LogP) is 4.64. The molecule has 0 unspecified atom stereocenters. The Labute approximate surface area is 184 Å². The predicted molar refractivity (Wildman–Crippen MR) is 123 cm³/mol. The minimum Gasteiger partial charge on any atom is -0.508 e. The third-order valence-electron chi connectivity index (χ3n) is 5.71. The number of phenolic OH excluding ortho intramolecular Hbond substituents is 1. The molecular weight excluding hydrogens is 408 g/mol. The van der Waals surface area contributed by atoms with Crippen molar-refractivity contribution in [1.29, 1.82) is 0 Å². The zero-order valence-electron chi connectivity index (χ0n) is 17.4. The maximum atomic E-state index is 13.6. The van der Waals surface area contributed by atoms with Gasteiger partial charge in [0.2, 0.25) is 0 Å². The Morgan fingerprint density at radius 3 is 2.68 bits per heavy atom. The number of amides is 1. The van der Waals surface area contributed by atoms with Crippen LogP contribution in [-0.4, -0.2) is 43.8 Å². The summed E-state index contributed by atoms with van der Waals surface area (Å²) in [4.78, 5) is 21.3. The largest absolute Gasteiger partial charge is 0.508 e. The topological polar surface area (TPSA) is 71.2 Å². The number of hydrogen-bond donors (Lipinski definition) is 1. The molecule has 0 fully saturated rings. The molecule has 0 aliphatic carbocycles. The lowest BCUT2D eigenvalue weighted by Gasteiger charge is -2.27. The average molecular weight is 431 g/mol. The number of rotatable bonds is 3. The van der Waals surface area contributed by atoms with Crippen LogP contribution in [0.4, 0.5) is 0 Å². The maximum Gasteiger partial charge on any atom is 0.255 e. The lowest BCUT2D eigenvalue weighted by atomic mass is 9.98. The molecule has 0 spiro atoms. The highest BCUT2D eigenvalue weighted by molar-refractivity contribution is 7.13. The van der Waals surface area contributed by atoms with Gasteiger partial charge in [0.1, 0.15) is 5.75 Å². The lowest BCUT2D eigenvalue weighted by molar-refractivity contribution is 0.0774. The van der Waals surface area contributed by atoms with Crippen LogP contribution in [-0.2, 0) is 7.05 Å². The standard InChI is InChI=1S/C24H22N4O2S/c1-15-22-19(14-20(21-4-3-13-31-21)25-23(22)27(2)26-15)24(30)28-11-9-17(10-12-28)16-5-7-18(29)8-6-16/h3-9,13-14,29H,10-12H2,1-2H3. The molecule has 0 bridgehead atoms. The van der Waals surface area contributed by atoms with Gasteiger partial charge in [-0.15, -0.1) is 11.3 Å². The van der Waals surface area contributed by atoms with Crippen molar-refractivity contribution in [3.63, 3.8) is 0 Å². The number of aromatic hydroxyl groups is 1. The van der Waals surface area contributed by atoms with E-state index in [1.54, 1.807) is 28.2 Å². The van der Waals surface area contributed by atoms with Crippen molar-refractivity contribution in [2.24, 2.45) is 7.05 Å². The van der Waals surface area contributed by atoms with Crippen LogP contribution in [0.15, 0.2) is 53.9 Å². The van der Waals surface area contributed by atoms with Crippen molar-refractivity contribution < 1.29 is 9.90 Å². The number of pyridine rings is 1. The summed E-state index contributed by atoms with van der Waals surface area (Å²) in [6.45, 7) is 3.11. The Kier molecular flexibility index (Phi) is 4.82. The number of fused-ring (bicyclic) bond motifs is 1. The number of benzene rings is 1. The van der Waals surface area contributed by atoms with Gasteiger partial charge in [0, 0.05) is 20.1 Å². The molecule has 4 aromatic rings. The molecule has 5 rings (SSSR count). The second kappa shape index (κ2) is 7.67. The number of carbonyl (C=O) groups excluding carboxylic acids is 1. The van der Waals surface area contributed by atoms with Crippen LogP contribution in [0.2, 0.25) is 0 Å². The summed E-state index contributed by atoms with van der Waals surface area (Å²) < 4.78 is 1.75. The van der Waals surface area contributed by atoms with Gasteiger partial charge >= 0.3 is 0 Å². The Balaban J connectivity index is 1.50. The molecule has 1 N–H and O–H groups in total. The van der Waals surface area contributed by atoms with Crippen LogP contribution in [0.25, 0.3) is 27.2 Å². The molecule has 7 heteroatoms. The Bertz CT molecular complexity index is 1300. The first-order chi connectivity index (χ1) is 15.0. The van der Waals surface area contributed by atoms with Gasteiger partial charge in [0.15, 0.2) is 5.65 Å². The smallest absolute Gasteiger partial charge is 0.255 e. The van der Waals surface area contributed by atoms with E-state index in [1.165, 1.54) is 5.57 Å². The molecule has 0 atom stereocenters. The molecule has 4 heterocycles. The van der Waals surface area contributed by atoms with Crippen molar-refractivity contribution in [1.82, 2.24) is 19.7 Å². The number of aromatic nitrogens is 3. The molecule has 1 aliphatic heterocycles. The number of nitrogens with zero attached hydrogens (tertiary/aromatic N) is 4. The fourth-order valence-corrected chi connectivity index (χ4v) is 4.81. The van der Waals surface area contributed by atoms with Gasteiger partial charge in [-0.3, -0.25) is 9.48 Å². The van der Waals surface area contributed by atoms with Crippen LogP contribution in [0.1, 0.15) is 28.0 Å². The molecule has 6 nitrogen and oxygen atoms in total. The third-order valence-corrected chi connectivity index (χ3v) is 6.60. The molecule has 1 aliphatic rings. The van der Waals surface area contributed by atoms with E-state index in [2.05, 4.69) is 11.2 Å². The zero-order valence-corrected chi connectivity index (χ0v) is 18.2. The Hall–Kier alpha value is -3.45. The molecule has 31 heavy (non-hydrogen) atoms. The molecule has 1 aromatic carbocycles. The SMILES string of the molecule is Cc1nn(C)c2nc(-c3cccs3)cc(C(=O)N3CC=C(c4ccc(O)cc4)CC3)c12. The van der Waals surface area contributed by atoms with E-state index >= 15 is 0 Å². The van der Waals surface area contributed by atoms with Gasteiger partial charge < -0.3 is 10.0 Å². The summed E-state index contributed by atoms with van der Waals surface area (Å²) in [5, 5.41) is 16.9. The van der Waals surface area contributed by atoms with Crippen LogP contribution < -0.4 is 0 Å². The maximum absolute atomic E-state index is 13.6. The van der Waals surface area contributed by atoms with E-state index in [0.717, 1.165) is 39.3 Å². The van der Waals surface area contributed by atoms with E-state index in [4.69, 9.17) is 4.98 Å². The highest BCUT2D eigenvalue weighted by Crippen LogP contribution is 2.31. The van der Waals surface area contributed by atoms with Crippen LogP contribution in [0.5, 0.6) is 5.75 Å². The molecule has 0 saturated carbocycles. The molecule has 0 saturated heterocycles. The van der Waals surface area contributed by atoms with Crippen molar-refractivity contribution >= 4 is 33.9 Å². The quantitative estimate of drug-likeness (QED) is 0.514. The number of thiophene rings is 1. The highest BCUT2D eigenvalue weighted by Gasteiger charge is 2.25. The summed E-state index contributed by atoms with van der Waals surface area (Å²) in [5.41, 5.74) is 5.26. The normalized spacial score (nSPS) is 14.1. The molecule has 0 radical (unpaired) electrons. The van der Waals surface area contributed by atoms with E-state index in [0.29, 0.717) is 18.7 Å². The number of aryl methyl sites for hydroxylation is 2. The van der Waals surface area contributed by atoms with Gasteiger partial charge in [-0.1, -0.05) is 24.3 Å². The summed E-state index contributed by atoms with van der Waals surface area (Å²) in [6.07, 6.45) is 2.87. The van der Waals surface area contributed by atoms with Crippen LogP contribution >= 0.6 is 11.3 Å². The van der Waals surface area contributed by atoms with Gasteiger partial charge in [0.25, 0.3) is 5.91 Å². The average Bonchev–Trinajstić information content (AvgIpc) is 3.42. The zero-order chi connectivity index (χ0) is 21.5. The number of phenols is 1. The fourth-order valence-electron chi connectivity index (χ4n) is 4.13. The van der Waals surface area contributed by atoms with Crippen molar-refractivity contribution in [3.05, 3.63) is 70.7 Å². The third kappa shape index (κ3) is 3.51. The van der Waals surface area contributed by atoms with Crippen molar-refractivity contribution in [3.8, 4) is 16.3 Å². The molecule has 156 valence electrons. The first-order valence-electron chi connectivity index (χ1n) is 10.2. The fraction of sp³-hybridized carbons (Fsp3) is 0.208. The minimum atomic E-state index is 0.00214. The van der Waals surface area contributed by atoms with Crippen molar-refractivity contribution in [2.45, 2.75) is 13.3 Å². The first-order valence-corrected chi connectivity index (χ1v) is 11.0. The van der Waals surface area contributed by atoms with Crippen molar-refractivity contribution in [2.75, 3.05) is 13.1 Å². The molecule has 3 aromatic heterocycles. The molecule has 1 amide bonds. The van der Waals surface area contributed by atoms with Crippen LogP contribution in [0.3, 0.4) is 0 Å². The van der Waals surface area contributed by atoms with E-state index in [9.17, 15) is 9.90 Å².